The average Bonchev–Trinajstić information content (AvgIpc) is 2.75. The molecule has 1 amide bonds. The van der Waals surface area contributed by atoms with Crippen LogP contribution in [0.5, 0.6) is 0 Å². The van der Waals surface area contributed by atoms with Crippen LogP contribution in [0.25, 0.3) is 0 Å². The molecule has 0 saturated carbocycles. The van der Waals surface area contributed by atoms with Crippen LogP contribution in [0.3, 0.4) is 0 Å². The third kappa shape index (κ3) is 2.86. The molecular weight excluding hydrogens is 274 g/mol. The Morgan fingerprint density at radius 2 is 2.21 bits per heavy atom. The number of pyridine rings is 1. The molecule has 0 atom stereocenters. The van der Waals surface area contributed by atoms with Crippen LogP contribution in [0.4, 0.5) is 11.5 Å². The quantitative estimate of drug-likeness (QED) is 0.523. The molecular formula is C10H8ClN5O3. The Balaban J connectivity index is 2.30. The van der Waals surface area contributed by atoms with E-state index < -0.39 is 10.8 Å². The molecule has 0 aliphatic heterocycles. The molecule has 2 rings (SSSR count). The number of hydrogen-bond donors (Lipinski definition) is 1. The Morgan fingerprint density at radius 1 is 1.47 bits per heavy atom. The van der Waals surface area contributed by atoms with Crippen LogP contribution >= 0.6 is 11.6 Å². The van der Waals surface area contributed by atoms with Crippen LogP contribution in [0.2, 0.25) is 5.15 Å². The van der Waals surface area contributed by atoms with Gasteiger partial charge in [0, 0.05) is 19.3 Å². The molecule has 0 aliphatic carbocycles. The zero-order valence-corrected chi connectivity index (χ0v) is 10.5. The first-order valence-corrected chi connectivity index (χ1v) is 5.47. The van der Waals surface area contributed by atoms with Crippen LogP contribution < -0.4 is 5.32 Å². The van der Waals surface area contributed by atoms with Gasteiger partial charge in [-0.05, 0) is 12.1 Å². The van der Waals surface area contributed by atoms with Crippen molar-refractivity contribution in [1.29, 1.82) is 0 Å². The number of aryl methyl sites for hydroxylation is 1. The lowest BCUT2D eigenvalue weighted by atomic mass is 10.3. The van der Waals surface area contributed by atoms with Gasteiger partial charge in [0.2, 0.25) is 5.82 Å². The fraction of sp³-hybridized carbons (Fsp3) is 0.100. The van der Waals surface area contributed by atoms with E-state index in [0.717, 1.165) is 0 Å². The fourth-order valence-electron chi connectivity index (χ4n) is 1.38. The molecule has 9 heteroatoms. The molecule has 2 aromatic rings. The summed E-state index contributed by atoms with van der Waals surface area (Å²) in [5.74, 6) is -0.813. The van der Waals surface area contributed by atoms with E-state index in [2.05, 4.69) is 15.4 Å². The first-order valence-electron chi connectivity index (χ1n) is 5.09. The number of carbonyl (C=O) groups is 1. The SMILES string of the molecule is Cn1ccc(C(=O)Nc2nc(Cl)ccc2[N+](=O)[O-])n1. The molecule has 2 heterocycles. The van der Waals surface area contributed by atoms with Crippen molar-refractivity contribution in [2.45, 2.75) is 0 Å². The summed E-state index contributed by atoms with van der Waals surface area (Å²) in [6.45, 7) is 0. The molecule has 0 unspecified atom stereocenters. The molecule has 0 aliphatic rings. The van der Waals surface area contributed by atoms with Crippen LogP contribution in [-0.2, 0) is 7.05 Å². The maximum atomic E-state index is 11.8. The summed E-state index contributed by atoms with van der Waals surface area (Å²) in [5, 5.41) is 17.0. The highest BCUT2D eigenvalue weighted by atomic mass is 35.5. The summed E-state index contributed by atoms with van der Waals surface area (Å²) < 4.78 is 1.44. The number of rotatable bonds is 3. The summed E-state index contributed by atoms with van der Waals surface area (Å²) in [6.07, 6.45) is 1.58. The molecule has 2 aromatic heterocycles. The van der Waals surface area contributed by atoms with Gasteiger partial charge in [0.15, 0.2) is 5.69 Å². The molecule has 0 saturated heterocycles. The minimum atomic E-state index is -0.655. The number of halogens is 1. The number of nitrogens with one attached hydrogen (secondary N) is 1. The third-order valence-electron chi connectivity index (χ3n) is 2.21. The minimum absolute atomic E-state index is 0.0434. The highest BCUT2D eigenvalue weighted by Gasteiger charge is 2.19. The second kappa shape index (κ2) is 5.02. The van der Waals surface area contributed by atoms with Crippen LogP contribution in [0, 0.1) is 10.1 Å². The zero-order valence-electron chi connectivity index (χ0n) is 9.70. The Hall–Kier alpha value is -2.48. The van der Waals surface area contributed by atoms with Gasteiger partial charge in [0.25, 0.3) is 5.91 Å². The minimum Gasteiger partial charge on any atom is -0.299 e. The molecule has 19 heavy (non-hydrogen) atoms. The van der Waals surface area contributed by atoms with Crippen LogP contribution in [-0.4, -0.2) is 25.6 Å². The van der Waals surface area contributed by atoms with Crippen molar-refractivity contribution >= 4 is 29.0 Å². The van der Waals surface area contributed by atoms with Crippen molar-refractivity contribution in [1.82, 2.24) is 14.8 Å². The number of anilines is 1. The zero-order chi connectivity index (χ0) is 14.0. The van der Waals surface area contributed by atoms with E-state index in [0.29, 0.717) is 0 Å². The van der Waals surface area contributed by atoms with E-state index in [9.17, 15) is 14.9 Å². The Labute approximate surface area is 112 Å². The fourth-order valence-corrected chi connectivity index (χ4v) is 1.52. The van der Waals surface area contributed by atoms with Crippen molar-refractivity contribution in [2.75, 3.05) is 5.32 Å². The summed E-state index contributed by atoms with van der Waals surface area (Å²) in [7, 11) is 1.65. The number of aromatic nitrogens is 3. The third-order valence-corrected chi connectivity index (χ3v) is 2.43. The standard InChI is InChI=1S/C10H8ClN5O3/c1-15-5-4-6(14-15)10(17)13-9-7(16(18)19)2-3-8(11)12-9/h2-5H,1H3,(H,12,13,17). The number of hydrogen-bond acceptors (Lipinski definition) is 5. The van der Waals surface area contributed by atoms with Crippen LogP contribution in [0.15, 0.2) is 24.4 Å². The Morgan fingerprint density at radius 3 is 2.79 bits per heavy atom. The Bertz CT molecular complexity index is 654. The summed E-state index contributed by atoms with van der Waals surface area (Å²) in [5.41, 5.74) is -0.216. The molecule has 98 valence electrons. The van der Waals surface area contributed by atoms with Crippen molar-refractivity contribution in [3.8, 4) is 0 Å². The highest BCUT2D eigenvalue weighted by molar-refractivity contribution is 6.29. The average molecular weight is 282 g/mol. The van der Waals surface area contributed by atoms with Gasteiger partial charge in [-0.1, -0.05) is 11.6 Å². The van der Waals surface area contributed by atoms with E-state index in [1.54, 1.807) is 13.2 Å². The van der Waals surface area contributed by atoms with Gasteiger partial charge >= 0.3 is 5.69 Å². The van der Waals surface area contributed by atoms with Gasteiger partial charge in [0.05, 0.1) is 4.92 Å². The van der Waals surface area contributed by atoms with E-state index in [-0.39, 0.29) is 22.4 Å². The monoisotopic (exact) mass is 281 g/mol. The first-order chi connectivity index (χ1) is 8.97. The van der Waals surface area contributed by atoms with Gasteiger partial charge < -0.3 is 0 Å². The number of carbonyl (C=O) groups excluding carboxylic acids is 1. The lowest BCUT2D eigenvalue weighted by Crippen LogP contribution is -2.15. The van der Waals surface area contributed by atoms with E-state index >= 15 is 0 Å². The predicted octanol–water partition coefficient (Wildman–Crippen LogP) is 1.63. The number of nitrogens with zero attached hydrogens (tertiary/aromatic N) is 4. The molecule has 0 fully saturated rings. The van der Waals surface area contributed by atoms with Crippen molar-refractivity contribution in [2.24, 2.45) is 7.05 Å². The topological polar surface area (TPSA) is 103 Å². The lowest BCUT2D eigenvalue weighted by Gasteiger charge is -2.03. The van der Waals surface area contributed by atoms with E-state index in [1.807, 2.05) is 0 Å². The normalized spacial score (nSPS) is 10.2. The van der Waals surface area contributed by atoms with Crippen LogP contribution in [0.1, 0.15) is 10.5 Å². The smallest absolute Gasteiger partial charge is 0.299 e. The number of nitro groups is 1. The molecule has 8 nitrogen and oxygen atoms in total. The second-order valence-corrected chi connectivity index (χ2v) is 3.97. The van der Waals surface area contributed by atoms with Gasteiger partial charge in [-0.25, -0.2) is 4.98 Å². The largest absolute Gasteiger partial charge is 0.311 e. The van der Waals surface area contributed by atoms with Gasteiger partial charge in [-0.3, -0.25) is 24.9 Å². The second-order valence-electron chi connectivity index (χ2n) is 3.59. The molecule has 0 aromatic carbocycles. The summed E-state index contributed by atoms with van der Waals surface area (Å²) >= 11 is 5.65. The highest BCUT2D eigenvalue weighted by Crippen LogP contribution is 2.24. The first kappa shape index (κ1) is 13.0. The van der Waals surface area contributed by atoms with Gasteiger partial charge in [-0.15, -0.1) is 0 Å². The Kier molecular flexibility index (Phi) is 3.43. The van der Waals surface area contributed by atoms with E-state index in [4.69, 9.17) is 11.6 Å². The predicted molar refractivity (Wildman–Crippen MR) is 67.1 cm³/mol. The van der Waals surface area contributed by atoms with Crippen molar-refractivity contribution in [3.63, 3.8) is 0 Å². The number of amides is 1. The molecule has 0 spiro atoms. The molecule has 1 N–H and O–H groups in total. The summed E-state index contributed by atoms with van der Waals surface area (Å²) in [4.78, 5) is 25.7. The van der Waals surface area contributed by atoms with Crippen molar-refractivity contribution in [3.05, 3.63) is 45.4 Å². The molecule has 0 radical (unpaired) electrons. The summed E-state index contributed by atoms with van der Waals surface area (Å²) in [6, 6.07) is 3.92. The molecule has 0 bridgehead atoms. The van der Waals surface area contributed by atoms with Gasteiger partial charge in [-0.2, -0.15) is 5.10 Å². The van der Waals surface area contributed by atoms with Gasteiger partial charge in [0.1, 0.15) is 5.15 Å². The maximum Gasteiger partial charge on any atom is 0.311 e. The van der Waals surface area contributed by atoms with Crippen molar-refractivity contribution < 1.29 is 9.72 Å². The van der Waals surface area contributed by atoms with E-state index in [1.165, 1.54) is 22.9 Å². The maximum absolute atomic E-state index is 11.8. The lowest BCUT2D eigenvalue weighted by molar-refractivity contribution is -0.384.